The van der Waals surface area contributed by atoms with E-state index in [-0.39, 0.29) is 19.6 Å². The van der Waals surface area contributed by atoms with Crippen molar-refractivity contribution in [2.75, 3.05) is 33.0 Å². The molecular weight excluding hydrogens is 764 g/mol. The predicted molar refractivity (Wildman–Crippen MR) is 224 cm³/mol. The van der Waals surface area contributed by atoms with E-state index in [9.17, 15) is 40.5 Å². The minimum atomic E-state index is -1.71. The number of ether oxygens (including phenoxy) is 6. The number of rotatable bonds is 35. The molecule has 11 atom stereocenters. The van der Waals surface area contributed by atoms with Gasteiger partial charge in [0.2, 0.25) is 0 Å². The van der Waals surface area contributed by atoms with Crippen molar-refractivity contribution in [3.8, 4) is 0 Å². The summed E-state index contributed by atoms with van der Waals surface area (Å²) < 4.78 is 34.1. The van der Waals surface area contributed by atoms with Gasteiger partial charge in [-0.15, -0.1) is 0 Å². The summed E-state index contributed by atoms with van der Waals surface area (Å²) in [5.41, 5.74) is 0. The normalized spacial score (nSPS) is 28.2. The van der Waals surface area contributed by atoms with E-state index in [2.05, 4.69) is 38.2 Å². The van der Waals surface area contributed by atoms with Crippen LogP contribution in [0, 0.1) is 0 Å². The minimum absolute atomic E-state index is 0.0555. The molecule has 0 spiro atoms. The summed E-state index contributed by atoms with van der Waals surface area (Å²) in [6.07, 6.45) is 16.8. The summed E-state index contributed by atoms with van der Waals surface area (Å²) in [4.78, 5) is 12.9. The van der Waals surface area contributed by atoms with Crippen LogP contribution in [0.2, 0.25) is 0 Å². The van der Waals surface area contributed by atoms with Gasteiger partial charge in [0.15, 0.2) is 12.6 Å². The maximum Gasteiger partial charge on any atom is 0.306 e. The Morgan fingerprint density at radius 1 is 0.542 bits per heavy atom. The second kappa shape index (κ2) is 34.0. The van der Waals surface area contributed by atoms with E-state index in [1.807, 2.05) is 0 Å². The van der Waals surface area contributed by atoms with E-state index in [0.29, 0.717) is 13.0 Å². The van der Waals surface area contributed by atoms with E-state index in [0.717, 1.165) is 64.2 Å². The van der Waals surface area contributed by atoms with Crippen molar-refractivity contribution in [3.63, 3.8) is 0 Å². The van der Waals surface area contributed by atoms with E-state index >= 15 is 0 Å². The number of allylic oxidation sites excluding steroid dienone is 4. The fourth-order valence-electron chi connectivity index (χ4n) is 7.08. The Labute approximate surface area is 354 Å². The molecule has 0 amide bonds. The molecule has 0 saturated carbocycles. The van der Waals surface area contributed by atoms with Crippen LogP contribution in [0.1, 0.15) is 155 Å². The molecule has 14 nitrogen and oxygen atoms in total. The summed E-state index contributed by atoms with van der Waals surface area (Å²) in [5, 5.41) is 71.8. The van der Waals surface area contributed by atoms with E-state index in [1.54, 1.807) is 0 Å². The molecule has 59 heavy (non-hydrogen) atoms. The maximum absolute atomic E-state index is 12.9. The molecule has 0 radical (unpaired) electrons. The first-order chi connectivity index (χ1) is 28.6. The van der Waals surface area contributed by atoms with Crippen molar-refractivity contribution in [3.05, 3.63) is 24.3 Å². The van der Waals surface area contributed by atoms with Gasteiger partial charge in [-0.25, -0.2) is 0 Å². The Morgan fingerprint density at radius 3 is 1.59 bits per heavy atom. The van der Waals surface area contributed by atoms with Gasteiger partial charge in [0.1, 0.15) is 54.9 Å². The van der Waals surface area contributed by atoms with Crippen molar-refractivity contribution < 1.29 is 69.0 Å². The quantitative estimate of drug-likeness (QED) is 0.0246. The third-order valence-corrected chi connectivity index (χ3v) is 10.9. The van der Waals surface area contributed by atoms with Crippen LogP contribution in [-0.4, -0.2) is 142 Å². The highest BCUT2D eigenvalue weighted by Gasteiger charge is 2.47. The lowest BCUT2D eigenvalue weighted by atomic mass is 9.98. The molecule has 0 aliphatic carbocycles. The standard InChI is InChI=1S/C45H82O14/c1-3-5-7-9-11-13-15-16-17-19-21-23-25-27-29-54-31-34(57-37(47)28-26-24-22-20-18-14-12-10-8-6-4-2)32-55-44-43(53)41(51)39(49)36(59-44)33-56-45-42(52)40(50)38(48)35(30-46)58-45/h10,12-13,15,34-36,38-46,48-53H,3-9,11,14,16-33H2,1-2H3/b12-10-,15-13-. The fraction of sp³-hybridized carbons (Fsp3) is 0.889. The Bertz CT molecular complexity index is 1080. The molecule has 0 aromatic carbocycles. The molecule has 0 aromatic rings. The number of carbonyl (C=O) groups is 1. The van der Waals surface area contributed by atoms with Gasteiger partial charge in [-0.2, -0.15) is 0 Å². The summed E-state index contributed by atoms with van der Waals surface area (Å²) in [5.74, 6) is -0.390. The van der Waals surface area contributed by atoms with Gasteiger partial charge in [0.05, 0.1) is 26.4 Å². The topological polar surface area (TPSA) is 214 Å². The van der Waals surface area contributed by atoms with E-state index in [1.165, 1.54) is 64.2 Å². The first kappa shape index (κ1) is 53.6. The second-order valence-electron chi connectivity index (χ2n) is 16.2. The molecule has 2 fully saturated rings. The molecule has 2 aliphatic heterocycles. The number of carbonyl (C=O) groups excluding carboxylic acids is 1. The highest BCUT2D eigenvalue weighted by atomic mass is 16.7. The Kier molecular flexibility index (Phi) is 30.9. The van der Waals surface area contributed by atoms with E-state index in [4.69, 9.17) is 28.4 Å². The Hall–Kier alpha value is -1.53. The maximum atomic E-state index is 12.9. The number of aliphatic hydroxyl groups excluding tert-OH is 7. The molecule has 2 rings (SSSR count). The first-order valence-electron chi connectivity index (χ1n) is 22.9. The minimum Gasteiger partial charge on any atom is -0.457 e. The molecule has 2 heterocycles. The lowest BCUT2D eigenvalue weighted by Gasteiger charge is -2.42. The number of esters is 1. The van der Waals surface area contributed by atoms with Crippen molar-refractivity contribution >= 4 is 5.97 Å². The molecule has 7 N–H and O–H groups in total. The summed E-state index contributed by atoms with van der Waals surface area (Å²) >= 11 is 0. The van der Waals surface area contributed by atoms with Crippen LogP contribution >= 0.6 is 0 Å². The first-order valence-corrected chi connectivity index (χ1v) is 22.9. The van der Waals surface area contributed by atoms with Gasteiger partial charge >= 0.3 is 5.97 Å². The van der Waals surface area contributed by atoms with Crippen LogP contribution in [-0.2, 0) is 33.2 Å². The molecular formula is C45H82O14. The number of hydrogen-bond acceptors (Lipinski definition) is 14. The zero-order chi connectivity index (χ0) is 43.1. The molecule has 2 saturated heterocycles. The van der Waals surface area contributed by atoms with Gasteiger partial charge in [0, 0.05) is 13.0 Å². The summed E-state index contributed by atoms with van der Waals surface area (Å²) in [6, 6.07) is 0. The van der Waals surface area contributed by atoms with Gasteiger partial charge in [-0.3, -0.25) is 4.79 Å². The zero-order valence-corrected chi connectivity index (χ0v) is 36.2. The SMILES string of the molecule is CCCC/C=C\CCCCCCCC(=O)OC(COCCCCCCCC/C=C\CCCCCC)COC1OC(COC2OC(CO)C(O)C(O)C2O)C(O)C(O)C1O. The monoisotopic (exact) mass is 847 g/mol. The molecule has 2 aliphatic rings. The smallest absolute Gasteiger partial charge is 0.306 e. The molecule has 11 unspecified atom stereocenters. The number of hydrogen-bond donors (Lipinski definition) is 7. The molecule has 14 heteroatoms. The van der Waals surface area contributed by atoms with Gasteiger partial charge in [0.25, 0.3) is 0 Å². The zero-order valence-electron chi connectivity index (χ0n) is 36.2. The van der Waals surface area contributed by atoms with Crippen molar-refractivity contribution in [1.82, 2.24) is 0 Å². The Balaban J connectivity index is 1.82. The highest BCUT2D eigenvalue weighted by molar-refractivity contribution is 5.69. The van der Waals surface area contributed by atoms with Gasteiger partial charge in [-0.1, -0.05) is 115 Å². The molecule has 0 bridgehead atoms. The number of unbranched alkanes of at least 4 members (excludes halogenated alkanes) is 17. The third-order valence-electron chi connectivity index (χ3n) is 10.9. The fourth-order valence-corrected chi connectivity index (χ4v) is 7.08. The van der Waals surface area contributed by atoms with Crippen LogP contribution in [0.25, 0.3) is 0 Å². The predicted octanol–water partition coefficient (Wildman–Crippen LogP) is 5.29. The van der Waals surface area contributed by atoms with Crippen LogP contribution in [0.5, 0.6) is 0 Å². The largest absolute Gasteiger partial charge is 0.457 e. The lowest BCUT2D eigenvalue weighted by Crippen LogP contribution is -2.61. The van der Waals surface area contributed by atoms with Crippen LogP contribution in [0.3, 0.4) is 0 Å². The molecule has 0 aromatic heterocycles. The summed E-state index contributed by atoms with van der Waals surface area (Å²) in [7, 11) is 0. The van der Waals surface area contributed by atoms with Crippen molar-refractivity contribution in [2.45, 2.75) is 223 Å². The van der Waals surface area contributed by atoms with Crippen molar-refractivity contribution in [2.24, 2.45) is 0 Å². The average Bonchev–Trinajstić information content (AvgIpc) is 3.23. The second-order valence-corrected chi connectivity index (χ2v) is 16.2. The van der Waals surface area contributed by atoms with Gasteiger partial charge in [-0.05, 0) is 57.8 Å². The van der Waals surface area contributed by atoms with Crippen LogP contribution in [0.4, 0.5) is 0 Å². The summed E-state index contributed by atoms with van der Waals surface area (Å²) in [6.45, 7) is 3.59. The van der Waals surface area contributed by atoms with Crippen LogP contribution < -0.4 is 0 Å². The highest BCUT2D eigenvalue weighted by Crippen LogP contribution is 2.26. The van der Waals surface area contributed by atoms with E-state index < -0.39 is 86.7 Å². The van der Waals surface area contributed by atoms with Crippen molar-refractivity contribution in [1.29, 1.82) is 0 Å². The average molecular weight is 847 g/mol. The molecule has 346 valence electrons. The van der Waals surface area contributed by atoms with Gasteiger partial charge < -0.3 is 64.2 Å². The number of aliphatic hydroxyl groups is 7. The van der Waals surface area contributed by atoms with Crippen LogP contribution in [0.15, 0.2) is 24.3 Å². The lowest BCUT2D eigenvalue weighted by molar-refractivity contribution is -0.332. The third kappa shape index (κ3) is 22.9. The Morgan fingerprint density at radius 2 is 1.02 bits per heavy atom.